The predicted molar refractivity (Wildman–Crippen MR) is 131 cm³/mol. The number of para-hydroxylation sites is 1. The van der Waals surface area contributed by atoms with Gasteiger partial charge >= 0.3 is 0 Å². The zero-order valence-electron chi connectivity index (χ0n) is 19.8. The summed E-state index contributed by atoms with van der Waals surface area (Å²) in [5.41, 5.74) is 2.44. The largest absolute Gasteiger partial charge is 0.342 e. The van der Waals surface area contributed by atoms with E-state index in [-0.39, 0.29) is 16.7 Å². The van der Waals surface area contributed by atoms with Crippen molar-refractivity contribution >= 4 is 27.5 Å². The molecule has 2 amide bonds. The molecular weight excluding hydrogens is 452 g/mol. The number of hydrogen-bond donors (Lipinski definition) is 1. The molecule has 2 aromatic rings. The number of hydrogen-bond acceptors (Lipinski definition) is 5. The average molecular weight is 485 g/mol. The molecular formula is C25H32N4O4S. The maximum absolute atomic E-state index is 13.3. The molecule has 2 heterocycles. The van der Waals surface area contributed by atoms with E-state index >= 15 is 0 Å². The summed E-state index contributed by atoms with van der Waals surface area (Å²) in [4.78, 5) is 31.5. The lowest BCUT2D eigenvalue weighted by Crippen LogP contribution is -2.51. The summed E-state index contributed by atoms with van der Waals surface area (Å²) < 4.78 is 28.6. The molecule has 0 unspecified atom stereocenters. The zero-order chi connectivity index (χ0) is 24.3. The topological polar surface area (TPSA) is 90.0 Å². The van der Waals surface area contributed by atoms with Gasteiger partial charge in [0.1, 0.15) is 0 Å². The highest BCUT2D eigenvalue weighted by Gasteiger charge is 2.27. The smallest absolute Gasteiger partial charge is 0.261 e. The Morgan fingerprint density at radius 3 is 2.21 bits per heavy atom. The minimum absolute atomic E-state index is 0.0551. The number of anilines is 1. The highest BCUT2D eigenvalue weighted by atomic mass is 32.2. The van der Waals surface area contributed by atoms with E-state index in [0.29, 0.717) is 44.0 Å². The molecule has 2 saturated heterocycles. The summed E-state index contributed by atoms with van der Waals surface area (Å²) in [7, 11) is -3.84. The Morgan fingerprint density at radius 2 is 1.53 bits per heavy atom. The summed E-state index contributed by atoms with van der Waals surface area (Å²) in [5.74, 6) is -0.0249. The van der Waals surface area contributed by atoms with Crippen molar-refractivity contribution in [1.29, 1.82) is 0 Å². The third-order valence-corrected chi connectivity index (χ3v) is 7.98. The molecule has 0 saturated carbocycles. The molecule has 2 fully saturated rings. The Labute approximate surface area is 201 Å². The molecule has 0 spiro atoms. The van der Waals surface area contributed by atoms with Gasteiger partial charge in [0.2, 0.25) is 5.91 Å². The molecule has 0 bridgehead atoms. The van der Waals surface area contributed by atoms with Crippen LogP contribution in [0.4, 0.5) is 5.69 Å². The van der Waals surface area contributed by atoms with Gasteiger partial charge in [0.15, 0.2) is 0 Å². The molecule has 2 aliphatic rings. The average Bonchev–Trinajstić information content (AvgIpc) is 3.36. The number of carbonyl (C=O) groups excluding carboxylic acids is 2. The van der Waals surface area contributed by atoms with Crippen LogP contribution >= 0.6 is 0 Å². The standard InChI is InChI=1S/C25H32N4O4S/c1-19-9-10-21(34(32,33)26-23-8-4-3-7-20(23)2)17-22(19)25(31)29-15-13-27(14-16-29)18-24(30)28-11-5-6-12-28/h3-4,7-10,17,26H,5-6,11-16,18H2,1-2H3. The first kappa shape index (κ1) is 24.2. The molecule has 2 aliphatic heterocycles. The quantitative estimate of drug-likeness (QED) is 0.680. The van der Waals surface area contributed by atoms with Crippen molar-refractivity contribution in [2.24, 2.45) is 0 Å². The Morgan fingerprint density at radius 1 is 0.853 bits per heavy atom. The van der Waals surface area contributed by atoms with E-state index in [1.807, 2.05) is 30.9 Å². The second-order valence-corrected chi connectivity index (χ2v) is 10.7. The van der Waals surface area contributed by atoms with Gasteiger partial charge in [-0.05, 0) is 56.0 Å². The first-order chi connectivity index (χ1) is 16.2. The molecule has 1 N–H and O–H groups in total. The van der Waals surface area contributed by atoms with Crippen LogP contribution in [0, 0.1) is 13.8 Å². The number of nitrogens with one attached hydrogen (secondary N) is 1. The van der Waals surface area contributed by atoms with Crippen molar-refractivity contribution < 1.29 is 18.0 Å². The van der Waals surface area contributed by atoms with E-state index in [1.54, 1.807) is 23.1 Å². The van der Waals surface area contributed by atoms with Gasteiger partial charge in [-0.1, -0.05) is 24.3 Å². The second kappa shape index (κ2) is 10.1. The van der Waals surface area contributed by atoms with Crippen LogP contribution in [0.25, 0.3) is 0 Å². The van der Waals surface area contributed by atoms with Gasteiger partial charge in [0.25, 0.3) is 15.9 Å². The first-order valence-corrected chi connectivity index (χ1v) is 13.2. The third kappa shape index (κ3) is 5.42. The molecule has 182 valence electrons. The molecule has 8 nitrogen and oxygen atoms in total. The van der Waals surface area contributed by atoms with Gasteiger partial charge < -0.3 is 9.80 Å². The van der Waals surface area contributed by atoms with Crippen LogP contribution in [-0.4, -0.2) is 80.7 Å². The Balaban J connectivity index is 1.42. The molecule has 0 aromatic heterocycles. The molecule has 4 rings (SSSR count). The summed E-state index contributed by atoms with van der Waals surface area (Å²) in [5, 5.41) is 0. The summed E-state index contributed by atoms with van der Waals surface area (Å²) >= 11 is 0. The normalized spacial score (nSPS) is 17.1. The maximum atomic E-state index is 13.3. The van der Waals surface area contributed by atoms with Crippen molar-refractivity contribution in [2.75, 3.05) is 50.5 Å². The van der Waals surface area contributed by atoms with Crippen molar-refractivity contribution in [3.63, 3.8) is 0 Å². The van der Waals surface area contributed by atoms with Crippen LogP contribution in [0.1, 0.15) is 34.3 Å². The predicted octanol–water partition coefficient (Wildman–Crippen LogP) is 2.48. The van der Waals surface area contributed by atoms with Crippen molar-refractivity contribution in [3.8, 4) is 0 Å². The molecule has 0 radical (unpaired) electrons. The second-order valence-electron chi connectivity index (χ2n) is 9.05. The van der Waals surface area contributed by atoms with Gasteiger partial charge in [-0.3, -0.25) is 19.2 Å². The monoisotopic (exact) mass is 484 g/mol. The van der Waals surface area contributed by atoms with Crippen molar-refractivity contribution in [3.05, 3.63) is 59.2 Å². The van der Waals surface area contributed by atoms with Crippen molar-refractivity contribution in [1.82, 2.24) is 14.7 Å². The van der Waals surface area contributed by atoms with E-state index in [4.69, 9.17) is 0 Å². The van der Waals surface area contributed by atoms with E-state index in [0.717, 1.165) is 37.1 Å². The molecule has 34 heavy (non-hydrogen) atoms. The number of aryl methyl sites for hydroxylation is 2. The lowest BCUT2D eigenvalue weighted by molar-refractivity contribution is -0.131. The molecule has 2 aromatic carbocycles. The highest BCUT2D eigenvalue weighted by molar-refractivity contribution is 7.92. The Hall–Kier alpha value is -2.91. The third-order valence-electron chi connectivity index (χ3n) is 6.62. The number of carbonyl (C=O) groups is 2. The number of sulfonamides is 1. The minimum atomic E-state index is -3.84. The number of nitrogens with zero attached hydrogens (tertiary/aromatic N) is 3. The van der Waals surface area contributed by atoms with Gasteiger partial charge in [-0.25, -0.2) is 8.42 Å². The summed E-state index contributed by atoms with van der Waals surface area (Å²) in [6.45, 7) is 7.97. The fourth-order valence-corrected chi connectivity index (χ4v) is 5.58. The van der Waals surface area contributed by atoms with Crippen LogP contribution in [-0.2, 0) is 14.8 Å². The molecule has 0 atom stereocenters. The highest BCUT2D eigenvalue weighted by Crippen LogP contribution is 2.23. The summed E-state index contributed by atoms with van der Waals surface area (Å²) in [6, 6.07) is 11.8. The number of likely N-dealkylation sites (tertiary alicyclic amines) is 1. The van der Waals surface area contributed by atoms with E-state index in [1.165, 1.54) is 12.1 Å². The van der Waals surface area contributed by atoms with Crippen LogP contribution in [0.3, 0.4) is 0 Å². The Kier molecular flexibility index (Phi) is 7.23. The zero-order valence-corrected chi connectivity index (χ0v) is 20.6. The number of amides is 2. The summed E-state index contributed by atoms with van der Waals surface area (Å²) in [6.07, 6.45) is 2.14. The van der Waals surface area contributed by atoms with Crippen LogP contribution < -0.4 is 4.72 Å². The molecule has 9 heteroatoms. The molecule has 0 aliphatic carbocycles. The maximum Gasteiger partial charge on any atom is 0.261 e. The lowest BCUT2D eigenvalue weighted by Gasteiger charge is -2.35. The van der Waals surface area contributed by atoms with Gasteiger partial charge in [-0.15, -0.1) is 0 Å². The number of piperazine rings is 1. The van der Waals surface area contributed by atoms with Gasteiger partial charge in [0.05, 0.1) is 17.1 Å². The SMILES string of the molecule is Cc1ccccc1NS(=O)(=O)c1ccc(C)c(C(=O)N2CCN(CC(=O)N3CCCC3)CC2)c1. The van der Waals surface area contributed by atoms with Gasteiger partial charge in [-0.2, -0.15) is 0 Å². The van der Waals surface area contributed by atoms with Gasteiger partial charge in [0, 0.05) is 44.8 Å². The minimum Gasteiger partial charge on any atom is -0.342 e. The lowest BCUT2D eigenvalue weighted by atomic mass is 10.1. The van der Waals surface area contributed by atoms with Crippen LogP contribution in [0.15, 0.2) is 47.4 Å². The first-order valence-electron chi connectivity index (χ1n) is 11.7. The van der Waals surface area contributed by atoms with E-state index in [2.05, 4.69) is 9.62 Å². The van der Waals surface area contributed by atoms with E-state index in [9.17, 15) is 18.0 Å². The Bertz CT molecular complexity index is 1170. The van der Waals surface area contributed by atoms with E-state index < -0.39 is 10.0 Å². The van der Waals surface area contributed by atoms with Crippen molar-refractivity contribution in [2.45, 2.75) is 31.6 Å². The number of rotatable bonds is 6. The number of benzene rings is 2. The van der Waals surface area contributed by atoms with Crippen LogP contribution in [0.5, 0.6) is 0 Å². The fraction of sp³-hybridized carbons (Fsp3) is 0.440. The fourth-order valence-electron chi connectivity index (χ4n) is 4.43. The van der Waals surface area contributed by atoms with Crippen LogP contribution in [0.2, 0.25) is 0 Å².